The van der Waals surface area contributed by atoms with E-state index >= 15 is 0 Å². The van der Waals surface area contributed by atoms with Gasteiger partial charge in [-0.15, -0.1) is 10.2 Å². The number of hydrogen-bond acceptors (Lipinski definition) is 5. The molecule has 0 amide bonds. The standard InChI is InChI=1S/C23H18IN5/c1-16(17-12-14-20(24)15-13-17)26-28-23-25-21(18-8-4-2-5-9-18)22(27-29-23)19-10-6-3-7-11-19/h2-15H,1H3,(H,25,28,29). The molecular formula is C23H18IN5. The molecule has 5 nitrogen and oxygen atoms in total. The molecular weight excluding hydrogens is 473 g/mol. The fraction of sp³-hybridized carbons (Fsp3) is 0.0435. The minimum Gasteiger partial charge on any atom is -0.244 e. The van der Waals surface area contributed by atoms with Crippen molar-refractivity contribution in [2.45, 2.75) is 6.92 Å². The van der Waals surface area contributed by atoms with Gasteiger partial charge in [0.1, 0.15) is 11.4 Å². The second-order valence-corrected chi connectivity index (χ2v) is 7.63. The van der Waals surface area contributed by atoms with E-state index in [0.29, 0.717) is 5.95 Å². The number of nitrogens with one attached hydrogen (secondary N) is 1. The van der Waals surface area contributed by atoms with Gasteiger partial charge in [0.25, 0.3) is 5.95 Å². The van der Waals surface area contributed by atoms with Crippen LogP contribution >= 0.6 is 22.6 Å². The Morgan fingerprint density at radius 3 is 1.97 bits per heavy atom. The molecule has 3 aromatic carbocycles. The van der Waals surface area contributed by atoms with E-state index in [-0.39, 0.29) is 0 Å². The molecule has 0 radical (unpaired) electrons. The van der Waals surface area contributed by atoms with Crippen molar-refractivity contribution in [1.82, 2.24) is 15.2 Å². The third kappa shape index (κ3) is 4.65. The third-order valence-corrected chi connectivity index (χ3v) is 5.09. The molecule has 1 aromatic heterocycles. The Morgan fingerprint density at radius 2 is 1.34 bits per heavy atom. The summed E-state index contributed by atoms with van der Waals surface area (Å²) in [5.74, 6) is 0.355. The molecule has 0 bridgehead atoms. The summed E-state index contributed by atoms with van der Waals surface area (Å²) < 4.78 is 1.18. The first-order chi connectivity index (χ1) is 14.2. The summed E-state index contributed by atoms with van der Waals surface area (Å²) in [6, 6.07) is 28.1. The maximum atomic E-state index is 4.71. The van der Waals surface area contributed by atoms with Crippen LogP contribution in [0.5, 0.6) is 0 Å². The summed E-state index contributed by atoms with van der Waals surface area (Å²) in [6.45, 7) is 1.94. The van der Waals surface area contributed by atoms with E-state index in [1.165, 1.54) is 3.57 Å². The minimum absolute atomic E-state index is 0.355. The van der Waals surface area contributed by atoms with E-state index in [2.05, 4.69) is 55.4 Å². The first-order valence-corrected chi connectivity index (χ1v) is 10.2. The molecule has 29 heavy (non-hydrogen) atoms. The van der Waals surface area contributed by atoms with Gasteiger partial charge in [-0.1, -0.05) is 72.8 Å². The molecule has 0 aliphatic heterocycles. The summed E-state index contributed by atoms with van der Waals surface area (Å²) in [6.07, 6.45) is 0. The van der Waals surface area contributed by atoms with Gasteiger partial charge in [-0.2, -0.15) is 5.10 Å². The summed E-state index contributed by atoms with van der Waals surface area (Å²) in [5.41, 5.74) is 8.27. The van der Waals surface area contributed by atoms with E-state index in [1.54, 1.807) is 0 Å². The van der Waals surface area contributed by atoms with Crippen LogP contribution < -0.4 is 5.43 Å². The lowest BCUT2D eigenvalue weighted by atomic mass is 10.0. The topological polar surface area (TPSA) is 63.1 Å². The van der Waals surface area contributed by atoms with Gasteiger partial charge >= 0.3 is 0 Å². The number of halogens is 1. The molecule has 0 spiro atoms. The molecule has 1 heterocycles. The number of hydrogen-bond donors (Lipinski definition) is 1. The Hall–Kier alpha value is -3.13. The summed E-state index contributed by atoms with van der Waals surface area (Å²) in [5, 5.41) is 13.1. The molecule has 0 atom stereocenters. The second-order valence-electron chi connectivity index (χ2n) is 6.38. The SMILES string of the molecule is CC(=NNc1nnc(-c2ccccc2)c(-c2ccccc2)n1)c1ccc(I)cc1. The van der Waals surface area contributed by atoms with E-state index in [9.17, 15) is 0 Å². The fourth-order valence-electron chi connectivity index (χ4n) is 2.85. The monoisotopic (exact) mass is 491 g/mol. The number of hydrazone groups is 1. The Bertz CT molecular complexity index is 1130. The Balaban J connectivity index is 1.68. The molecule has 0 aliphatic carbocycles. The number of nitrogens with zero attached hydrogens (tertiary/aromatic N) is 4. The molecule has 0 saturated heterocycles. The normalized spacial score (nSPS) is 11.3. The molecule has 142 valence electrons. The van der Waals surface area contributed by atoms with Gasteiger partial charge in [-0.3, -0.25) is 0 Å². The van der Waals surface area contributed by atoms with Crippen LogP contribution in [0.3, 0.4) is 0 Å². The zero-order valence-corrected chi connectivity index (χ0v) is 17.9. The van der Waals surface area contributed by atoms with Gasteiger partial charge in [0.05, 0.1) is 5.71 Å². The van der Waals surface area contributed by atoms with Crippen LogP contribution in [0.1, 0.15) is 12.5 Å². The van der Waals surface area contributed by atoms with Crippen LogP contribution in [0.15, 0.2) is 90.0 Å². The van der Waals surface area contributed by atoms with Crippen LogP contribution in [-0.2, 0) is 0 Å². The molecule has 4 aromatic rings. The average Bonchev–Trinajstić information content (AvgIpc) is 2.79. The van der Waals surface area contributed by atoms with Gasteiger partial charge in [-0.25, -0.2) is 10.4 Å². The highest BCUT2D eigenvalue weighted by atomic mass is 127. The highest BCUT2D eigenvalue weighted by Crippen LogP contribution is 2.28. The van der Waals surface area contributed by atoms with E-state index < -0.39 is 0 Å². The van der Waals surface area contributed by atoms with Crippen LogP contribution in [0.25, 0.3) is 22.5 Å². The van der Waals surface area contributed by atoms with E-state index in [1.807, 2.05) is 79.7 Å². The number of anilines is 1. The van der Waals surface area contributed by atoms with Crippen LogP contribution in [0, 0.1) is 3.57 Å². The molecule has 0 unspecified atom stereocenters. The lowest BCUT2D eigenvalue weighted by Gasteiger charge is -2.09. The summed E-state index contributed by atoms with van der Waals surface area (Å²) in [4.78, 5) is 4.71. The molecule has 0 saturated carbocycles. The highest BCUT2D eigenvalue weighted by Gasteiger charge is 2.13. The first-order valence-electron chi connectivity index (χ1n) is 9.12. The van der Waals surface area contributed by atoms with Gasteiger partial charge in [0.2, 0.25) is 0 Å². The Kier molecular flexibility index (Phi) is 5.90. The molecule has 1 N–H and O–H groups in total. The minimum atomic E-state index is 0.355. The highest BCUT2D eigenvalue weighted by molar-refractivity contribution is 14.1. The zero-order valence-electron chi connectivity index (χ0n) is 15.7. The molecule has 4 rings (SSSR count). The smallest absolute Gasteiger partial charge is 0.244 e. The maximum absolute atomic E-state index is 4.71. The first kappa shape index (κ1) is 19.2. The van der Waals surface area contributed by atoms with Crippen LogP contribution in [-0.4, -0.2) is 20.9 Å². The largest absolute Gasteiger partial charge is 0.263 e. The number of benzene rings is 3. The van der Waals surface area contributed by atoms with E-state index in [0.717, 1.165) is 33.8 Å². The van der Waals surface area contributed by atoms with E-state index in [4.69, 9.17) is 4.98 Å². The predicted molar refractivity (Wildman–Crippen MR) is 126 cm³/mol. The summed E-state index contributed by atoms with van der Waals surface area (Å²) >= 11 is 2.28. The summed E-state index contributed by atoms with van der Waals surface area (Å²) in [7, 11) is 0. The van der Waals surface area contributed by atoms with Gasteiger partial charge < -0.3 is 0 Å². The molecule has 0 aliphatic rings. The lowest BCUT2D eigenvalue weighted by molar-refractivity contribution is 0.972. The zero-order chi connectivity index (χ0) is 20.1. The second kappa shape index (κ2) is 8.91. The quantitative estimate of drug-likeness (QED) is 0.223. The van der Waals surface area contributed by atoms with Crippen molar-refractivity contribution in [2.24, 2.45) is 5.10 Å². The van der Waals surface area contributed by atoms with Crippen molar-refractivity contribution >= 4 is 34.3 Å². The van der Waals surface area contributed by atoms with Crippen molar-refractivity contribution in [2.75, 3.05) is 5.43 Å². The predicted octanol–water partition coefficient (Wildman–Crippen LogP) is 5.65. The average molecular weight is 491 g/mol. The number of aromatic nitrogens is 3. The number of rotatable bonds is 5. The fourth-order valence-corrected chi connectivity index (χ4v) is 3.21. The van der Waals surface area contributed by atoms with Crippen LogP contribution in [0.4, 0.5) is 5.95 Å². The molecule has 6 heteroatoms. The van der Waals surface area contributed by atoms with Crippen molar-refractivity contribution in [3.05, 3.63) is 94.1 Å². The van der Waals surface area contributed by atoms with Crippen LogP contribution in [0.2, 0.25) is 0 Å². The Morgan fingerprint density at radius 1 is 0.759 bits per heavy atom. The van der Waals surface area contributed by atoms with Gasteiger partial charge in [0, 0.05) is 14.7 Å². The third-order valence-electron chi connectivity index (χ3n) is 4.37. The maximum Gasteiger partial charge on any atom is 0.263 e. The molecule has 0 fully saturated rings. The van der Waals surface area contributed by atoms with Crippen molar-refractivity contribution < 1.29 is 0 Å². The van der Waals surface area contributed by atoms with Crippen molar-refractivity contribution in [3.63, 3.8) is 0 Å². The van der Waals surface area contributed by atoms with Crippen molar-refractivity contribution in [3.8, 4) is 22.5 Å². The Labute approximate surface area is 183 Å². The lowest BCUT2D eigenvalue weighted by Crippen LogP contribution is -2.05. The van der Waals surface area contributed by atoms with Gasteiger partial charge in [0.15, 0.2) is 0 Å². The van der Waals surface area contributed by atoms with Crippen molar-refractivity contribution in [1.29, 1.82) is 0 Å². The van der Waals surface area contributed by atoms with Gasteiger partial charge in [-0.05, 0) is 47.2 Å².